The fourth-order valence-corrected chi connectivity index (χ4v) is 4.40. The summed E-state index contributed by atoms with van der Waals surface area (Å²) >= 11 is 0. The maximum absolute atomic E-state index is 12.0. The van der Waals surface area contributed by atoms with Crippen LogP contribution in [0.4, 0.5) is 5.82 Å². The zero-order chi connectivity index (χ0) is 24.5. The van der Waals surface area contributed by atoms with Gasteiger partial charge in [0.25, 0.3) is 0 Å². The summed E-state index contributed by atoms with van der Waals surface area (Å²) in [6.45, 7) is 1.57. The van der Waals surface area contributed by atoms with E-state index >= 15 is 0 Å². The van der Waals surface area contributed by atoms with Gasteiger partial charge in [-0.05, 0) is 29.2 Å². The summed E-state index contributed by atoms with van der Waals surface area (Å²) in [7, 11) is -1.54. The van der Waals surface area contributed by atoms with Crippen molar-refractivity contribution in [2.24, 2.45) is 11.5 Å². The van der Waals surface area contributed by atoms with Crippen molar-refractivity contribution in [2.75, 3.05) is 11.9 Å². The lowest BCUT2D eigenvalue weighted by Gasteiger charge is -2.21. The van der Waals surface area contributed by atoms with Gasteiger partial charge in [0.15, 0.2) is 0 Å². The van der Waals surface area contributed by atoms with E-state index in [9.17, 15) is 14.8 Å². The maximum atomic E-state index is 12.0. The summed E-state index contributed by atoms with van der Waals surface area (Å²) in [5.41, 5.74) is 16.6. The summed E-state index contributed by atoms with van der Waals surface area (Å²) in [4.78, 5) is 21.6. The van der Waals surface area contributed by atoms with Crippen LogP contribution in [0.1, 0.15) is 32.9 Å². The van der Waals surface area contributed by atoms with Crippen molar-refractivity contribution in [3.63, 3.8) is 0 Å². The number of anilines is 1. The van der Waals surface area contributed by atoms with Crippen molar-refractivity contribution in [2.45, 2.75) is 26.1 Å². The second-order valence-corrected chi connectivity index (χ2v) is 8.35. The van der Waals surface area contributed by atoms with Crippen LogP contribution in [0.25, 0.3) is 16.9 Å². The molecular weight excluding hydrogens is 447 g/mol. The van der Waals surface area contributed by atoms with E-state index in [-0.39, 0.29) is 6.54 Å². The highest BCUT2D eigenvalue weighted by Crippen LogP contribution is 2.29. The van der Waals surface area contributed by atoms with Gasteiger partial charge in [-0.25, -0.2) is 4.98 Å². The van der Waals surface area contributed by atoms with Crippen LogP contribution in [0, 0.1) is 0 Å². The summed E-state index contributed by atoms with van der Waals surface area (Å²) in [6.07, 6.45) is 0.634. The third-order valence-electron chi connectivity index (χ3n) is 6.12. The topological polar surface area (TPSA) is 162 Å². The van der Waals surface area contributed by atoms with Crippen LogP contribution in [0.3, 0.4) is 0 Å². The quantitative estimate of drug-likeness (QED) is 0.241. The number of nitrogens with two attached hydrogens (primary N) is 2. The van der Waals surface area contributed by atoms with Crippen molar-refractivity contribution in [3.8, 4) is 5.95 Å². The fourth-order valence-electron chi connectivity index (χ4n) is 4.40. The summed E-state index contributed by atoms with van der Waals surface area (Å²) in [5.74, 6) is 0.540. The monoisotopic (exact) mass is 472 g/mol. The molecule has 3 heterocycles. The average Bonchev–Trinajstić information content (AvgIpc) is 3.26. The summed E-state index contributed by atoms with van der Waals surface area (Å²) in [5, 5.41) is 23.0. The lowest BCUT2D eigenvalue weighted by atomic mass is 9.79. The van der Waals surface area contributed by atoms with Crippen LogP contribution in [-0.4, -0.2) is 44.2 Å². The van der Waals surface area contributed by atoms with E-state index < -0.39 is 13.0 Å². The number of nitrogens with zero attached hydrogens (tertiary/aromatic N) is 3. The SMILES string of the molecule is NCc1cc2c(C(N)=O)cccc2n1-c1nc2c(c(NCc3cccc(B(O)O)c3)n1)COCC2. The minimum absolute atomic E-state index is 0.218. The second-order valence-electron chi connectivity index (χ2n) is 8.35. The molecule has 1 aliphatic rings. The van der Waals surface area contributed by atoms with Crippen molar-refractivity contribution in [1.29, 1.82) is 0 Å². The van der Waals surface area contributed by atoms with Crippen LogP contribution < -0.4 is 22.2 Å². The Morgan fingerprint density at radius 1 is 1.17 bits per heavy atom. The van der Waals surface area contributed by atoms with Gasteiger partial charge in [0.05, 0.1) is 24.4 Å². The van der Waals surface area contributed by atoms with Crippen LogP contribution in [-0.2, 0) is 30.9 Å². The van der Waals surface area contributed by atoms with E-state index in [0.29, 0.717) is 54.4 Å². The molecule has 10 nitrogen and oxygen atoms in total. The lowest BCUT2D eigenvalue weighted by Crippen LogP contribution is -2.30. The standard InChI is InChI=1S/C24H25BN6O4/c26-11-16-10-18-17(22(27)32)5-2-6-21(18)31(16)24-29-20-7-8-35-13-19(20)23(30-24)28-12-14-3-1-4-15(9-14)25(33)34/h1-6,9-10,33-34H,7-8,11-13,26H2,(H2,27,32)(H,28,29,30). The molecule has 7 N–H and O–H groups in total. The second kappa shape index (κ2) is 9.47. The van der Waals surface area contributed by atoms with Crippen LogP contribution in [0.15, 0.2) is 48.5 Å². The number of carbonyl (C=O) groups is 1. The van der Waals surface area contributed by atoms with E-state index in [4.69, 9.17) is 26.2 Å². The Kier molecular flexibility index (Phi) is 6.22. The molecule has 0 bridgehead atoms. The molecule has 35 heavy (non-hydrogen) atoms. The molecule has 11 heteroatoms. The molecule has 0 spiro atoms. The van der Waals surface area contributed by atoms with Gasteiger partial charge in [0.2, 0.25) is 11.9 Å². The lowest BCUT2D eigenvalue weighted by molar-refractivity contribution is 0.100. The van der Waals surface area contributed by atoms with E-state index in [2.05, 4.69) is 5.32 Å². The Balaban J connectivity index is 1.59. The highest BCUT2D eigenvalue weighted by molar-refractivity contribution is 6.58. The number of amides is 1. The predicted molar refractivity (Wildman–Crippen MR) is 132 cm³/mol. The number of carbonyl (C=O) groups excluding carboxylic acids is 1. The highest BCUT2D eigenvalue weighted by Gasteiger charge is 2.22. The van der Waals surface area contributed by atoms with Gasteiger partial charge in [0, 0.05) is 41.7 Å². The number of aromatic nitrogens is 3. The van der Waals surface area contributed by atoms with Crippen molar-refractivity contribution >= 4 is 35.2 Å². The number of fused-ring (bicyclic) bond motifs is 2. The van der Waals surface area contributed by atoms with Crippen LogP contribution in [0.2, 0.25) is 0 Å². The van der Waals surface area contributed by atoms with Gasteiger partial charge < -0.3 is 31.6 Å². The first kappa shape index (κ1) is 23.0. The van der Waals surface area contributed by atoms with Crippen molar-refractivity contribution < 1.29 is 19.6 Å². The molecule has 0 atom stereocenters. The Labute approximate surface area is 201 Å². The Bertz CT molecular complexity index is 1420. The molecule has 0 saturated heterocycles. The van der Waals surface area contributed by atoms with Gasteiger partial charge in [-0.2, -0.15) is 4.98 Å². The van der Waals surface area contributed by atoms with Gasteiger partial charge in [-0.15, -0.1) is 0 Å². The number of ether oxygens (including phenoxy) is 1. The van der Waals surface area contributed by atoms with Crippen molar-refractivity contribution in [3.05, 3.63) is 76.6 Å². The van der Waals surface area contributed by atoms with Gasteiger partial charge in [-0.1, -0.05) is 30.3 Å². The molecular formula is C24H25BN6O4. The molecule has 0 radical (unpaired) electrons. The predicted octanol–water partition coefficient (Wildman–Crippen LogP) is 0.343. The van der Waals surface area contributed by atoms with Gasteiger partial charge in [0.1, 0.15) is 5.82 Å². The smallest absolute Gasteiger partial charge is 0.423 e. The number of rotatable bonds is 7. The number of hydrogen-bond donors (Lipinski definition) is 5. The maximum Gasteiger partial charge on any atom is 0.488 e. The first-order valence-electron chi connectivity index (χ1n) is 11.3. The summed E-state index contributed by atoms with van der Waals surface area (Å²) in [6, 6.07) is 14.2. The third kappa shape index (κ3) is 4.37. The normalized spacial score (nSPS) is 13.0. The van der Waals surface area contributed by atoms with Crippen LogP contribution in [0.5, 0.6) is 0 Å². The largest absolute Gasteiger partial charge is 0.488 e. The molecule has 1 amide bonds. The molecule has 0 aliphatic carbocycles. The van der Waals surface area contributed by atoms with Gasteiger partial charge in [-0.3, -0.25) is 9.36 Å². The molecule has 0 unspecified atom stereocenters. The van der Waals surface area contributed by atoms with E-state index in [1.165, 1.54) is 0 Å². The van der Waals surface area contributed by atoms with E-state index in [1.807, 2.05) is 22.8 Å². The van der Waals surface area contributed by atoms with E-state index in [1.54, 1.807) is 30.3 Å². The fraction of sp³-hybridized carbons (Fsp3) is 0.208. The van der Waals surface area contributed by atoms with Crippen LogP contribution >= 0.6 is 0 Å². The molecule has 0 saturated carbocycles. The van der Waals surface area contributed by atoms with E-state index in [0.717, 1.165) is 28.0 Å². The molecule has 1 aliphatic heterocycles. The number of nitrogens with one attached hydrogen (secondary N) is 1. The third-order valence-corrected chi connectivity index (χ3v) is 6.12. The first-order valence-corrected chi connectivity index (χ1v) is 11.3. The molecule has 5 rings (SSSR count). The molecule has 178 valence electrons. The van der Waals surface area contributed by atoms with Gasteiger partial charge >= 0.3 is 7.12 Å². The molecule has 4 aromatic rings. The Morgan fingerprint density at radius 3 is 2.77 bits per heavy atom. The Morgan fingerprint density at radius 2 is 2.00 bits per heavy atom. The Hall–Kier alpha value is -3.77. The molecule has 0 fully saturated rings. The average molecular weight is 472 g/mol. The zero-order valence-electron chi connectivity index (χ0n) is 18.9. The number of hydrogen-bond acceptors (Lipinski definition) is 8. The minimum atomic E-state index is -1.54. The first-order chi connectivity index (χ1) is 17.0. The number of benzene rings is 2. The van der Waals surface area contributed by atoms with Crippen molar-refractivity contribution in [1.82, 2.24) is 14.5 Å². The number of primary amides is 1. The molecule has 2 aromatic heterocycles. The minimum Gasteiger partial charge on any atom is -0.423 e. The zero-order valence-corrected chi connectivity index (χ0v) is 18.9. The molecule has 2 aromatic carbocycles. The highest BCUT2D eigenvalue weighted by atomic mass is 16.5. The summed E-state index contributed by atoms with van der Waals surface area (Å²) < 4.78 is 7.52.